The maximum Gasteiger partial charge on any atom is 0.338 e. The molecule has 0 aliphatic carbocycles. The van der Waals surface area contributed by atoms with Gasteiger partial charge in [0.2, 0.25) is 0 Å². The minimum Gasteiger partial charge on any atom is -0.462 e. The predicted molar refractivity (Wildman–Crippen MR) is 65.8 cm³/mol. The highest BCUT2D eigenvalue weighted by Crippen LogP contribution is 2.28. The highest BCUT2D eigenvalue weighted by molar-refractivity contribution is 5.94. The van der Waals surface area contributed by atoms with Crippen LogP contribution in [-0.2, 0) is 4.74 Å². The summed E-state index contributed by atoms with van der Waals surface area (Å²) in [6, 6.07) is 0. The normalized spacial score (nSPS) is 10.3. The van der Waals surface area contributed by atoms with Crippen LogP contribution in [0, 0.1) is 27.7 Å². The highest BCUT2D eigenvalue weighted by atomic mass is 16.5. The maximum atomic E-state index is 11.8. The number of nitrogen functional groups attached to an aromatic ring is 1. The molecule has 0 amide bonds. The van der Waals surface area contributed by atoms with Crippen molar-refractivity contribution in [3.63, 3.8) is 0 Å². The second-order valence-corrected chi connectivity index (χ2v) is 4.01. The molecule has 0 aromatic heterocycles. The molecule has 0 unspecified atom stereocenters. The number of carbonyl (C=O) groups excluding carboxylic acids is 1. The van der Waals surface area contributed by atoms with Crippen LogP contribution in [0.2, 0.25) is 0 Å². The van der Waals surface area contributed by atoms with E-state index in [0.717, 1.165) is 27.9 Å². The SMILES string of the molecule is CCOC(=O)c1c(C)c(C)c(N)c(C)c1C. The lowest BCUT2D eigenvalue weighted by Crippen LogP contribution is -2.13. The molecule has 2 N–H and O–H groups in total. The van der Waals surface area contributed by atoms with E-state index < -0.39 is 0 Å². The first-order chi connectivity index (χ1) is 7.41. The Labute approximate surface area is 96.6 Å². The lowest BCUT2D eigenvalue weighted by Gasteiger charge is -2.16. The molecule has 1 aromatic carbocycles. The van der Waals surface area contributed by atoms with Crippen LogP contribution in [0.25, 0.3) is 0 Å². The second kappa shape index (κ2) is 4.56. The summed E-state index contributed by atoms with van der Waals surface area (Å²) in [4.78, 5) is 11.8. The van der Waals surface area contributed by atoms with Gasteiger partial charge in [0.05, 0.1) is 12.2 Å². The Bertz CT molecular complexity index is 407. The Hall–Kier alpha value is -1.51. The molecule has 0 aliphatic rings. The van der Waals surface area contributed by atoms with E-state index in [9.17, 15) is 4.79 Å². The molecule has 16 heavy (non-hydrogen) atoms. The van der Waals surface area contributed by atoms with Gasteiger partial charge in [0.1, 0.15) is 0 Å². The molecular weight excluding hydrogens is 202 g/mol. The molecule has 0 fully saturated rings. The number of nitrogens with two attached hydrogens (primary N) is 1. The number of benzene rings is 1. The van der Waals surface area contributed by atoms with Crippen molar-refractivity contribution < 1.29 is 9.53 Å². The van der Waals surface area contributed by atoms with E-state index in [2.05, 4.69) is 0 Å². The Morgan fingerprint density at radius 2 is 1.50 bits per heavy atom. The molecule has 0 spiro atoms. The molecular formula is C13H19NO2. The quantitative estimate of drug-likeness (QED) is 0.617. The van der Waals surface area contributed by atoms with Crippen molar-refractivity contribution >= 4 is 11.7 Å². The van der Waals surface area contributed by atoms with E-state index in [-0.39, 0.29) is 5.97 Å². The van der Waals surface area contributed by atoms with Crippen LogP contribution in [0.4, 0.5) is 5.69 Å². The van der Waals surface area contributed by atoms with Gasteiger partial charge in [0.15, 0.2) is 0 Å². The van der Waals surface area contributed by atoms with E-state index in [1.54, 1.807) is 6.92 Å². The molecule has 0 atom stereocenters. The summed E-state index contributed by atoms with van der Waals surface area (Å²) in [5, 5.41) is 0. The van der Waals surface area contributed by atoms with Gasteiger partial charge in [0.25, 0.3) is 0 Å². The molecule has 88 valence electrons. The number of ether oxygens (including phenoxy) is 1. The molecule has 0 saturated heterocycles. The van der Waals surface area contributed by atoms with Gasteiger partial charge in [-0.15, -0.1) is 0 Å². The van der Waals surface area contributed by atoms with Crippen molar-refractivity contribution in [1.29, 1.82) is 0 Å². The molecule has 3 nitrogen and oxygen atoms in total. The second-order valence-electron chi connectivity index (χ2n) is 4.01. The molecule has 0 aliphatic heterocycles. The summed E-state index contributed by atoms with van der Waals surface area (Å²) in [5.41, 5.74) is 11.2. The van der Waals surface area contributed by atoms with Gasteiger partial charge >= 0.3 is 5.97 Å². The third kappa shape index (κ3) is 1.90. The Balaban J connectivity index is 3.45. The van der Waals surface area contributed by atoms with Crippen molar-refractivity contribution in [3.8, 4) is 0 Å². The molecule has 3 heteroatoms. The van der Waals surface area contributed by atoms with Crippen LogP contribution in [0.1, 0.15) is 39.5 Å². The number of esters is 1. The van der Waals surface area contributed by atoms with E-state index in [0.29, 0.717) is 12.2 Å². The summed E-state index contributed by atoms with van der Waals surface area (Å²) < 4.78 is 5.06. The van der Waals surface area contributed by atoms with Crippen LogP contribution in [0.5, 0.6) is 0 Å². The van der Waals surface area contributed by atoms with Crippen molar-refractivity contribution in [2.24, 2.45) is 0 Å². The van der Waals surface area contributed by atoms with Gasteiger partial charge in [-0.2, -0.15) is 0 Å². The zero-order chi connectivity index (χ0) is 12.5. The summed E-state index contributed by atoms with van der Waals surface area (Å²) in [6.45, 7) is 9.87. The fraction of sp³-hybridized carbons (Fsp3) is 0.462. The summed E-state index contributed by atoms with van der Waals surface area (Å²) in [6.07, 6.45) is 0. The minimum absolute atomic E-state index is 0.260. The van der Waals surface area contributed by atoms with Crippen LogP contribution < -0.4 is 5.73 Å². The largest absolute Gasteiger partial charge is 0.462 e. The Morgan fingerprint density at radius 1 is 1.06 bits per heavy atom. The van der Waals surface area contributed by atoms with Gasteiger partial charge in [-0.3, -0.25) is 0 Å². The minimum atomic E-state index is -0.260. The van der Waals surface area contributed by atoms with Crippen LogP contribution in [0.3, 0.4) is 0 Å². The fourth-order valence-corrected chi connectivity index (χ4v) is 1.85. The lowest BCUT2D eigenvalue weighted by atomic mass is 9.92. The molecule has 0 radical (unpaired) electrons. The van der Waals surface area contributed by atoms with Crippen molar-refractivity contribution in [1.82, 2.24) is 0 Å². The average molecular weight is 221 g/mol. The number of rotatable bonds is 2. The average Bonchev–Trinajstić information content (AvgIpc) is 2.24. The highest BCUT2D eigenvalue weighted by Gasteiger charge is 2.19. The first-order valence-corrected chi connectivity index (χ1v) is 5.44. The van der Waals surface area contributed by atoms with Gasteiger partial charge in [-0.1, -0.05) is 0 Å². The zero-order valence-corrected chi connectivity index (χ0v) is 10.6. The smallest absolute Gasteiger partial charge is 0.338 e. The lowest BCUT2D eigenvalue weighted by molar-refractivity contribution is 0.0524. The molecule has 1 rings (SSSR count). The standard InChI is InChI=1S/C13H19NO2/c1-6-16-13(15)11-7(2)9(4)12(14)10(5)8(11)3/h6,14H2,1-5H3. The van der Waals surface area contributed by atoms with Crippen LogP contribution in [0.15, 0.2) is 0 Å². The molecule has 0 heterocycles. The van der Waals surface area contributed by atoms with E-state index in [1.165, 1.54) is 0 Å². The van der Waals surface area contributed by atoms with Crippen LogP contribution in [-0.4, -0.2) is 12.6 Å². The zero-order valence-electron chi connectivity index (χ0n) is 10.6. The van der Waals surface area contributed by atoms with Gasteiger partial charge in [-0.05, 0) is 56.9 Å². The number of hydrogen-bond acceptors (Lipinski definition) is 3. The summed E-state index contributed by atoms with van der Waals surface area (Å²) in [5.74, 6) is -0.260. The first kappa shape index (κ1) is 12.6. The molecule has 1 aromatic rings. The van der Waals surface area contributed by atoms with E-state index in [4.69, 9.17) is 10.5 Å². The first-order valence-electron chi connectivity index (χ1n) is 5.44. The van der Waals surface area contributed by atoms with Gasteiger partial charge in [0, 0.05) is 5.69 Å². The molecule has 0 saturated carbocycles. The van der Waals surface area contributed by atoms with Gasteiger partial charge < -0.3 is 10.5 Å². The number of anilines is 1. The summed E-state index contributed by atoms with van der Waals surface area (Å²) >= 11 is 0. The molecule has 0 bridgehead atoms. The summed E-state index contributed by atoms with van der Waals surface area (Å²) in [7, 11) is 0. The topological polar surface area (TPSA) is 52.3 Å². The van der Waals surface area contributed by atoms with E-state index in [1.807, 2.05) is 27.7 Å². The number of carbonyl (C=O) groups is 1. The fourth-order valence-electron chi connectivity index (χ4n) is 1.85. The van der Waals surface area contributed by atoms with Crippen molar-refractivity contribution in [3.05, 3.63) is 27.8 Å². The monoisotopic (exact) mass is 221 g/mol. The third-order valence-corrected chi connectivity index (χ3v) is 3.16. The Morgan fingerprint density at radius 3 is 1.88 bits per heavy atom. The predicted octanol–water partition coefficient (Wildman–Crippen LogP) is 2.68. The Kier molecular flexibility index (Phi) is 3.58. The van der Waals surface area contributed by atoms with E-state index >= 15 is 0 Å². The number of hydrogen-bond donors (Lipinski definition) is 1. The maximum absolute atomic E-state index is 11.8. The van der Waals surface area contributed by atoms with Crippen molar-refractivity contribution in [2.45, 2.75) is 34.6 Å². The van der Waals surface area contributed by atoms with Crippen LogP contribution >= 0.6 is 0 Å². The van der Waals surface area contributed by atoms with Crippen molar-refractivity contribution in [2.75, 3.05) is 12.3 Å². The van der Waals surface area contributed by atoms with Gasteiger partial charge in [-0.25, -0.2) is 4.79 Å². The third-order valence-electron chi connectivity index (χ3n) is 3.16.